The summed E-state index contributed by atoms with van der Waals surface area (Å²) < 4.78 is 51.0. The number of hydrogen-bond donors (Lipinski definition) is 1. The van der Waals surface area contributed by atoms with E-state index in [0.29, 0.717) is 42.3 Å². The molecule has 4 rings (SSSR count). The number of sulfone groups is 1. The number of methoxy groups -OCH3 is 2. The molecular weight excluding hydrogens is 423 g/mol. The molecule has 9 heteroatoms. The van der Waals surface area contributed by atoms with Gasteiger partial charge >= 0.3 is 0 Å². The first kappa shape index (κ1) is 21.2. The molecular formula is C22H23FN2O5S. The zero-order valence-electron chi connectivity index (χ0n) is 17.4. The molecule has 2 aliphatic rings. The van der Waals surface area contributed by atoms with Crippen LogP contribution >= 0.6 is 0 Å². The predicted molar refractivity (Wildman–Crippen MR) is 113 cm³/mol. The Morgan fingerprint density at radius 2 is 1.87 bits per heavy atom. The third-order valence-corrected chi connectivity index (χ3v) is 7.48. The fourth-order valence-electron chi connectivity index (χ4n) is 4.09. The first-order chi connectivity index (χ1) is 14.8. The van der Waals surface area contributed by atoms with Gasteiger partial charge in [0.15, 0.2) is 16.4 Å². The van der Waals surface area contributed by atoms with Crippen LogP contribution in [0.5, 0.6) is 11.5 Å². The zero-order chi connectivity index (χ0) is 22.3. The molecule has 7 nitrogen and oxygen atoms in total. The van der Waals surface area contributed by atoms with Crippen LogP contribution < -0.4 is 19.7 Å². The Kier molecular flexibility index (Phi) is 5.38. The smallest absolute Gasteiger partial charge is 0.265 e. The lowest BCUT2D eigenvalue weighted by Gasteiger charge is -2.30. The highest BCUT2D eigenvalue weighted by atomic mass is 32.2. The molecule has 2 heterocycles. The molecule has 0 aliphatic carbocycles. The molecule has 1 amide bonds. The number of halogens is 1. The number of amides is 1. The van der Waals surface area contributed by atoms with E-state index in [1.807, 2.05) is 0 Å². The maximum absolute atomic E-state index is 13.9. The second-order valence-corrected chi connectivity index (χ2v) is 9.31. The van der Waals surface area contributed by atoms with Crippen LogP contribution in [0, 0.1) is 5.82 Å². The Labute approximate surface area is 180 Å². The van der Waals surface area contributed by atoms with E-state index in [1.165, 1.54) is 26.4 Å². The van der Waals surface area contributed by atoms with Crippen molar-refractivity contribution in [2.45, 2.75) is 30.7 Å². The van der Waals surface area contributed by atoms with Crippen molar-refractivity contribution in [2.75, 3.05) is 25.7 Å². The van der Waals surface area contributed by atoms with Gasteiger partial charge in [0.05, 0.1) is 30.8 Å². The van der Waals surface area contributed by atoms with Crippen LogP contribution in [-0.4, -0.2) is 35.1 Å². The Morgan fingerprint density at radius 1 is 1.13 bits per heavy atom. The summed E-state index contributed by atoms with van der Waals surface area (Å²) in [5.41, 5.74) is 1.59. The van der Waals surface area contributed by atoms with E-state index in [9.17, 15) is 17.6 Å². The average molecular weight is 447 g/mol. The van der Waals surface area contributed by atoms with Crippen LogP contribution in [0.25, 0.3) is 0 Å². The molecule has 1 N–H and O–H groups in total. The van der Waals surface area contributed by atoms with Crippen molar-refractivity contribution in [3.63, 3.8) is 0 Å². The number of ether oxygens (including phenoxy) is 2. The Morgan fingerprint density at radius 3 is 2.58 bits per heavy atom. The number of nitrogens with zero attached hydrogens (tertiary/aromatic N) is 1. The standard InChI is InChI=1S/C22H23FN2O5S/c1-13(14-6-9-18(29-2)19(11-14)30-3)24-22(26)21-17-5-4-10-25(17)16-8-7-15(23)12-20(16)31(21,27)28/h6-9,11-13H,4-5,10H2,1-3H3,(H,24,26)/t13-/m0/s1. The lowest BCUT2D eigenvalue weighted by molar-refractivity contribution is -0.117. The normalized spacial score (nSPS) is 17.6. The van der Waals surface area contributed by atoms with Crippen molar-refractivity contribution < 1.29 is 27.1 Å². The van der Waals surface area contributed by atoms with Gasteiger partial charge in [0.25, 0.3) is 5.91 Å². The Bertz CT molecular complexity index is 1190. The fourth-order valence-corrected chi connectivity index (χ4v) is 5.86. The second-order valence-electron chi connectivity index (χ2n) is 7.46. The third-order valence-electron chi connectivity index (χ3n) is 5.62. The van der Waals surface area contributed by atoms with E-state index >= 15 is 0 Å². The lowest BCUT2D eigenvalue weighted by atomic mass is 10.1. The molecule has 0 unspecified atom stereocenters. The minimum atomic E-state index is -4.17. The first-order valence-electron chi connectivity index (χ1n) is 9.86. The van der Waals surface area contributed by atoms with E-state index in [0.717, 1.165) is 11.6 Å². The van der Waals surface area contributed by atoms with Crippen molar-refractivity contribution in [1.29, 1.82) is 0 Å². The topological polar surface area (TPSA) is 84.9 Å². The van der Waals surface area contributed by atoms with Gasteiger partial charge in [0.2, 0.25) is 9.84 Å². The SMILES string of the molecule is COc1ccc([C@H](C)NC(=O)C2=C3CCCN3c3ccc(F)cc3S2(=O)=O)cc1OC. The number of nitrogens with one attached hydrogen (secondary N) is 1. The van der Waals surface area contributed by atoms with E-state index < -0.39 is 27.6 Å². The van der Waals surface area contributed by atoms with Gasteiger partial charge in [0.1, 0.15) is 5.82 Å². The van der Waals surface area contributed by atoms with Crippen LogP contribution in [0.2, 0.25) is 0 Å². The molecule has 31 heavy (non-hydrogen) atoms. The van der Waals surface area contributed by atoms with Gasteiger partial charge in [-0.15, -0.1) is 0 Å². The number of allylic oxidation sites excluding steroid dienone is 1. The van der Waals surface area contributed by atoms with Gasteiger partial charge in [-0.25, -0.2) is 12.8 Å². The van der Waals surface area contributed by atoms with Crippen molar-refractivity contribution in [3.8, 4) is 11.5 Å². The van der Waals surface area contributed by atoms with Crippen molar-refractivity contribution >= 4 is 21.4 Å². The Balaban J connectivity index is 1.70. The van der Waals surface area contributed by atoms with Gasteiger partial charge in [-0.3, -0.25) is 4.79 Å². The summed E-state index contributed by atoms with van der Waals surface area (Å²) >= 11 is 0. The average Bonchev–Trinajstić information content (AvgIpc) is 3.21. The third kappa shape index (κ3) is 3.52. The number of carbonyl (C=O) groups excluding carboxylic acids is 1. The Hall–Kier alpha value is -3.07. The summed E-state index contributed by atoms with van der Waals surface area (Å²) in [5.74, 6) is -0.327. The number of rotatable bonds is 5. The largest absolute Gasteiger partial charge is 0.493 e. The van der Waals surface area contributed by atoms with Gasteiger partial charge in [-0.1, -0.05) is 6.07 Å². The zero-order valence-corrected chi connectivity index (χ0v) is 18.3. The fraction of sp³-hybridized carbons (Fsp3) is 0.318. The highest BCUT2D eigenvalue weighted by Gasteiger charge is 2.42. The van der Waals surface area contributed by atoms with Crippen LogP contribution in [0.1, 0.15) is 31.4 Å². The predicted octanol–water partition coefficient (Wildman–Crippen LogP) is 3.32. The van der Waals surface area contributed by atoms with Gasteiger partial charge in [-0.05, 0) is 55.7 Å². The number of carbonyl (C=O) groups is 1. The molecule has 0 spiro atoms. The summed E-state index contributed by atoms with van der Waals surface area (Å²) in [6, 6.07) is 8.37. The van der Waals surface area contributed by atoms with Crippen molar-refractivity contribution in [3.05, 3.63) is 58.4 Å². The highest BCUT2D eigenvalue weighted by Crippen LogP contribution is 2.43. The molecule has 164 valence electrons. The number of benzene rings is 2. The minimum absolute atomic E-state index is 0.179. The monoisotopic (exact) mass is 446 g/mol. The van der Waals surface area contributed by atoms with E-state index in [1.54, 1.807) is 30.0 Å². The van der Waals surface area contributed by atoms with E-state index in [4.69, 9.17) is 9.47 Å². The summed E-state index contributed by atoms with van der Waals surface area (Å²) in [5, 5.41) is 2.78. The molecule has 1 fully saturated rings. The van der Waals surface area contributed by atoms with Gasteiger partial charge in [-0.2, -0.15) is 0 Å². The molecule has 2 aromatic rings. The quantitative estimate of drug-likeness (QED) is 0.759. The molecule has 2 aromatic carbocycles. The summed E-state index contributed by atoms with van der Waals surface area (Å²) in [6.45, 7) is 2.32. The number of hydrogen-bond acceptors (Lipinski definition) is 6. The van der Waals surface area contributed by atoms with Crippen molar-refractivity contribution in [1.82, 2.24) is 5.32 Å². The molecule has 1 atom stereocenters. The second kappa shape index (κ2) is 7.88. The summed E-state index contributed by atoms with van der Waals surface area (Å²) in [4.78, 5) is 14.5. The maximum atomic E-state index is 13.9. The molecule has 0 aromatic heterocycles. The summed E-state index contributed by atoms with van der Waals surface area (Å²) in [7, 11) is -1.13. The van der Waals surface area contributed by atoms with Gasteiger partial charge < -0.3 is 19.7 Å². The van der Waals surface area contributed by atoms with Crippen LogP contribution in [0.4, 0.5) is 10.1 Å². The molecule has 0 bridgehead atoms. The van der Waals surface area contributed by atoms with Crippen LogP contribution in [0.15, 0.2) is 51.9 Å². The number of anilines is 1. The number of fused-ring (bicyclic) bond motifs is 3. The summed E-state index contributed by atoms with van der Waals surface area (Å²) in [6.07, 6.45) is 1.17. The van der Waals surface area contributed by atoms with E-state index in [2.05, 4.69) is 5.32 Å². The lowest BCUT2D eigenvalue weighted by Crippen LogP contribution is -2.36. The van der Waals surface area contributed by atoms with Crippen LogP contribution in [-0.2, 0) is 14.6 Å². The maximum Gasteiger partial charge on any atom is 0.265 e. The van der Waals surface area contributed by atoms with Crippen molar-refractivity contribution in [2.24, 2.45) is 0 Å². The molecule has 1 saturated heterocycles. The van der Waals surface area contributed by atoms with E-state index in [-0.39, 0.29) is 9.80 Å². The first-order valence-corrected chi connectivity index (χ1v) is 11.3. The van der Waals surface area contributed by atoms with Crippen LogP contribution in [0.3, 0.4) is 0 Å². The molecule has 2 aliphatic heterocycles. The highest BCUT2D eigenvalue weighted by molar-refractivity contribution is 7.96. The van der Waals surface area contributed by atoms with Gasteiger partial charge in [0, 0.05) is 12.2 Å². The minimum Gasteiger partial charge on any atom is -0.493 e. The molecule has 0 saturated carbocycles. The molecule has 0 radical (unpaired) electrons.